The molecule has 0 unspecified atom stereocenters. The summed E-state index contributed by atoms with van der Waals surface area (Å²) in [7, 11) is 3.86. The Morgan fingerprint density at radius 1 is 1.24 bits per heavy atom. The molecule has 0 bridgehead atoms. The van der Waals surface area contributed by atoms with Crippen molar-refractivity contribution < 1.29 is 4.79 Å². The number of hydrogen-bond donors (Lipinski definition) is 2. The summed E-state index contributed by atoms with van der Waals surface area (Å²) in [5.41, 5.74) is 1.69. The van der Waals surface area contributed by atoms with Gasteiger partial charge in [-0.25, -0.2) is 4.98 Å². The summed E-state index contributed by atoms with van der Waals surface area (Å²) in [6.07, 6.45) is 3.16. The Kier molecular flexibility index (Phi) is 6.77. The molecule has 0 aliphatic heterocycles. The zero-order valence-corrected chi connectivity index (χ0v) is 15.3. The molecule has 0 fully saturated rings. The Labute approximate surface area is 152 Å². The van der Waals surface area contributed by atoms with Crippen molar-refractivity contribution >= 4 is 35.4 Å². The molecule has 0 aliphatic carbocycles. The molecule has 2 rings (SSSR count). The van der Waals surface area contributed by atoms with Crippen LogP contribution in [0.3, 0.4) is 0 Å². The van der Waals surface area contributed by atoms with Crippen LogP contribution in [0.1, 0.15) is 11.3 Å². The van der Waals surface area contributed by atoms with Crippen molar-refractivity contribution in [3.05, 3.63) is 52.7 Å². The smallest absolute Gasteiger partial charge is 0.244 e. The fourth-order valence-corrected chi connectivity index (χ4v) is 2.25. The molecule has 0 spiro atoms. The zero-order chi connectivity index (χ0) is 18.2. The topological polar surface area (TPSA) is 70.2 Å². The highest BCUT2D eigenvalue weighted by Gasteiger charge is 2.03. The molecular weight excluding hydrogens is 338 g/mol. The van der Waals surface area contributed by atoms with E-state index in [1.807, 2.05) is 50.2 Å². The first-order valence-corrected chi connectivity index (χ1v) is 8.31. The number of halogens is 1. The number of aryl methyl sites for hydroxylation is 1. The lowest BCUT2D eigenvalue weighted by Crippen LogP contribution is -2.27. The van der Waals surface area contributed by atoms with Crippen molar-refractivity contribution in [2.45, 2.75) is 6.92 Å². The molecule has 1 aromatic carbocycles. The van der Waals surface area contributed by atoms with Gasteiger partial charge in [-0.3, -0.25) is 4.79 Å². The van der Waals surface area contributed by atoms with Crippen molar-refractivity contribution in [3.8, 4) is 0 Å². The van der Waals surface area contributed by atoms with Gasteiger partial charge in [-0.1, -0.05) is 29.8 Å². The molecule has 6 nitrogen and oxygen atoms in total. The highest BCUT2D eigenvalue weighted by atomic mass is 35.5. The van der Waals surface area contributed by atoms with Gasteiger partial charge >= 0.3 is 0 Å². The zero-order valence-electron chi connectivity index (χ0n) is 14.6. The van der Waals surface area contributed by atoms with Crippen LogP contribution in [0.4, 0.5) is 11.8 Å². The second kappa shape index (κ2) is 9.03. The van der Waals surface area contributed by atoms with Gasteiger partial charge in [-0.2, -0.15) is 4.98 Å². The van der Waals surface area contributed by atoms with Crippen LogP contribution in [0.2, 0.25) is 5.02 Å². The molecule has 1 aromatic heterocycles. The molecule has 0 aliphatic rings. The second-order valence-electron chi connectivity index (χ2n) is 5.66. The van der Waals surface area contributed by atoms with Crippen molar-refractivity contribution in [2.75, 3.05) is 37.4 Å². The van der Waals surface area contributed by atoms with Crippen molar-refractivity contribution in [3.63, 3.8) is 0 Å². The molecule has 0 radical (unpaired) electrons. The number of carbonyl (C=O) groups is 1. The Balaban J connectivity index is 1.79. The van der Waals surface area contributed by atoms with Gasteiger partial charge in [-0.15, -0.1) is 0 Å². The van der Waals surface area contributed by atoms with E-state index < -0.39 is 0 Å². The molecule has 25 heavy (non-hydrogen) atoms. The number of hydrogen-bond acceptors (Lipinski definition) is 5. The van der Waals surface area contributed by atoms with E-state index in [9.17, 15) is 4.79 Å². The van der Waals surface area contributed by atoms with Crippen molar-refractivity contribution in [1.29, 1.82) is 0 Å². The minimum Gasteiger partial charge on any atom is -0.363 e. The van der Waals surface area contributed by atoms with Gasteiger partial charge in [0.15, 0.2) is 0 Å². The molecule has 0 saturated heterocycles. The number of aromatic nitrogens is 2. The van der Waals surface area contributed by atoms with Gasteiger partial charge in [0, 0.05) is 50.0 Å². The lowest BCUT2D eigenvalue weighted by molar-refractivity contribution is -0.116. The number of nitrogens with one attached hydrogen (secondary N) is 2. The first-order chi connectivity index (χ1) is 12.0. The quantitative estimate of drug-likeness (QED) is 0.587. The summed E-state index contributed by atoms with van der Waals surface area (Å²) in [5.74, 6) is 1.20. The standard InChI is InChI=1S/C18H22ClN5O/c1-13-12-16(24(2)3)23-18(22-13)21-11-10-20-17(25)9-8-14-6-4-5-7-15(14)19/h4-9,12H,10-11H2,1-3H3,(H,20,25)(H,21,22,23)/b9-8+. The third-order valence-corrected chi connectivity index (χ3v) is 3.67. The van der Waals surface area contributed by atoms with E-state index in [2.05, 4.69) is 20.6 Å². The molecule has 1 amide bonds. The van der Waals surface area contributed by atoms with E-state index in [0.29, 0.717) is 24.1 Å². The van der Waals surface area contributed by atoms with Gasteiger partial charge in [-0.05, 0) is 24.6 Å². The van der Waals surface area contributed by atoms with E-state index >= 15 is 0 Å². The molecule has 2 aromatic rings. The van der Waals surface area contributed by atoms with Crippen LogP contribution in [0.15, 0.2) is 36.4 Å². The van der Waals surface area contributed by atoms with E-state index in [-0.39, 0.29) is 5.91 Å². The SMILES string of the molecule is Cc1cc(N(C)C)nc(NCCNC(=O)/C=C/c2ccccc2Cl)n1. The summed E-state index contributed by atoms with van der Waals surface area (Å²) in [4.78, 5) is 22.5. The first-order valence-electron chi connectivity index (χ1n) is 7.93. The minimum absolute atomic E-state index is 0.180. The fourth-order valence-electron chi connectivity index (χ4n) is 2.05. The van der Waals surface area contributed by atoms with E-state index in [1.165, 1.54) is 6.08 Å². The average Bonchev–Trinajstić information content (AvgIpc) is 2.57. The van der Waals surface area contributed by atoms with E-state index in [4.69, 9.17) is 11.6 Å². The maximum atomic E-state index is 11.8. The summed E-state index contributed by atoms with van der Waals surface area (Å²) >= 11 is 6.04. The molecule has 2 N–H and O–H groups in total. The van der Waals surface area contributed by atoms with Gasteiger partial charge < -0.3 is 15.5 Å². The summed E-state index contributed by atoms with van der Waals surface area (Å²) in [6.45, 7) is 2.91. The molecule has 1 heterocycles. The van der Waals surface area contributed by atoms with Gasteiger partial charge in [0.1, 0.15) is 5.82 Å². The largest absolute Gasteiger partial charge is 0.363 e. The Morgan fingerprint density at radius 3 is 2.72 bits per heavy atom. The fraction of sp³-hybridized carbons (Fsp3) is 0.278. The molecule has 132 valence electrons. The first kappa shape index (κ1) is 18.7. The van der Waals surface area contributed by atoms with Gasteiger partial charge in [0.2, 0.25) is 11.9 Å². The highest BCUT2D eigenvalue weighted by molar-refractivity contribution is 6.32. The van der Waals surface area contributed by atoms with Crippen LogP contribution in [-0.2, 0) is 4.79 Å². The molecule has 0 saturated carbocycles. The average molecular weight is 360 g/mol. The minimum atomic E-state index is -0.180. The van der Waals surface area contributed by atoms with Crippen LogP contribution in [0.25, 0.3) is 6.08 Å². The van der Waals surface area contributed by atoms with Crippen molar-refractivity contribution in [2.24, 2.45) is 0 Å². The third kappa shape index (κ3) is 6.08. The number of anilines is 2. The van der Waals surface area contributed by atoms with Crippen LogP contribution >= 0.6 is 11.6 Å². The Morgan fingerprint density at radius 2 is 2.00 bits per heavy atom. The maximum Gasteiger partial charge on any atom is 0.244 e. The third-order valence-electron chi connectivity index (χ3n) is 3.33. The monoisotopic (exact) mass is 359 g/mol. The Bertz CT molecular complexity index is 761. The predicted molar refractivity (Wildman–Crippen MR) is 103 cm³/mol. The summed E-state index contributed by atoms with van der Waals surface area (Å²) in [6, 6.07) is 9.27. The number of nitrogens with zero attached hydrogens (tertiary/aromatic N) is 3. The van der Waals surface area contributed by atoms with Crippen LogP contribution in [0, 0.1) is 6.92 Å². The number of benzene rings is 1. The number of carbonyl (C=O) groups excluding carboxylic acids is 1. The predicted octanol–water partition coefficient (Wildman–Crippen LogP) is 2.75. The Hall–Kier alpha value is -2.60. The molecule has 0 atom stereocenters. The second-order valence-corrected chi connectivity index (χ2v) is 6.07. The normalized spacial score (nSPS) is 10.7. The van der Waals surface area contributed by atoms with Crippen molar-refractivity contribution in [1.82, 2.24) is 15.3 Å². The summed E-state index contributed by atoms with van der Waals surface area (Å²) in [5, 5.41) is 6.52. The highest BCUT2D eigenvalue weighted by Crippen LogP contribution is 2.16. The van der Waals surface area contributed by atoms with E-state index in [0.717, 1.165) is 17.1 Å². The molecule has 7 heteroatoms. The van der Waals surface area contributed by atoms with Crippen LogP contribution < -0.4 is 15.5 Å². The van der Waals surface area contributed by atoms with E-state index in [1.54, 1.807) is 12.1 Å². The number of amides is 1. The lowest BCUT2D eigenvalue weighted by atomic mass is 10.2. The number of rotatable bonds is 7. The maximum absolute atomic E-state index is 11.8. The summed E-state index contributed by atoms with van der Waals surface area (Å²) < 4.78 is 0. The lowest BCUT2D eigenvalue weighted by Gasteiger charge is -2.13. The van der Waals surface area contributed by atoms with Crippen LogP contribution in [-0.4, -0.2) is 43.1 Å². The van der Waals surface area contributed by atoms with Gasteiger partial charge in [0.25, 0.3) is 0 Å². The molecular formula is C18H22ClN5O. The van der Waals surface area contributed by atoms with Gasteiger partial charge in [0.05, 0.1) is 0 Å². The van der Waals surface area contributed by atoms with Crippen LogP contribution in [0.5, 0.6) is 0 Å².